The van der Waals surface area contributed by atoms with Crippen molar-refractivity contribution >= 4 is 39.6 Å². The summed E-state index contributed by atoms with van der Waals surface area (Å²) in [5.74, 6) is 1.50. The highest BCUT2D eigenvalue weighted by Gasteiger charge is 2.29. The maximum absolute atomic E-state index is 13.6. The number of carbonyl (C=O) groups is 1. The largest absolute Gasteiger partial charge is 0.339 e. The lowest BCUT2D eigenvalue weighted by atomic mass is 9.83. The highest BCUT2D eigenvalue weighted by atomic mass is 16.1. The fourth-order valence-corrected chi connectivity index (χ4v) is 5.21. The summed E-state index contributed by atoms with van der Waals surface area (Å²) >= 11 is 0. The van der Waals surface area contributed by atoms with Crippen LogP contribution in [0, 0.1) is 27.7 Å². The number of benzene rings is 4. The molecule has 4 aromatic carbocycles. The lowest BCUT2D eigenvalue weighted by Crippen LogP contribution is -2.13. The van der Waals surface area contributed by atoms with Gasteiger partial charge in [0.25, 0.3) is 0 Å². The standard InChI is InChI=1S/C32H27N3O/c1-18-12-14-26(20(3)16-18)33-31-25-11-7-10-24-28(25)29(22-8-5-6-9-23(22)30(24)36)32(35-31)34-27-15-13-19(2)17-21(27)4/h5-17H,1-4H3,(H2,33,34,35). The Morgan fingerprint density at radius 3 is 1.83 bits per heavy atom. The molecule has 0 saturated carbocycles. The Hall–Kier alpha value is -4.44. The molecule has 0 aliphatic heterocycles. The van der Waals surface area contributed by atoms with Crippen LogP contribution in [0.1, 0.15) is 38.2 Å². The number of fused-ring (bicyclic) bond motifs is 2. The third-order valence-corrected chi connectivity index (χ3v) is 6.99. The first kappa shape index (κ1) is 22.1. The second kappa shape index (κ2) is 8.35. The van der Waals surface area contributed by atoms with Crippen molar-refractivity contribution in [1.29, 1.82) is 0 Å². The molecule has 0 amide bonds. The van der Waals surface area contributed by atoms with Crippen LogP contribution in [0.15, 0.2) is 78.9 Å². The van der Waals surface area contributed by atoms with Gasteiger partial charge in [0.2, 0.25) is 0 Å². The van der Waals surface area contributed by atoms with E-state index >= 15 is 0 Å². The number of aromatic nitrogens is 1. The first-order valence-corrected chi connectivity index (χ1v) is 12.2. The van der Waals surface area contributed by atoms with E-state index in [1.165, 1.54) is 11.1 Å². The fraction of sp³-hybridized carbons (Fsp3) is 0.125. The average Bonchev–Trinajstić information content (AvgIpc) is 2.86. The van der Waals surface area contributed by atoms with Gasteiger partial charge in [0.15, 0.2) is 5.78 Å². The molecule has 4 nitrogen and oxygen atoms in total. The predicted molar refractivity (Wildman–Crippen MR) is 149 cm³/mol. The molecule has 2 N–H and O–H groups in total. The van der Waals surface area contributed by atoms with E-state index in [0.717, 1.165) is 56.0 Å². The van der Waals surface area contributed by atoms with Gasteiger partial charge < -0.3 is 10.6 Å². The first-order valence-electron chi connectivity index (χ1n) is 12.2. The van der Waals surface area contributed by atoms with E-state index < -0.39 is 0 Å². The van der Waals surface area contributed by atoms with Crippen molar-refractivity contribution in [2.45, 2.75) is 27.7 Å². The summed E-state index contributed by atoms with van der Waals surface area (Å²) in [6, 6.07) is 26.4. The number of rotatable bonds is 4. The molecule has 1 aromatic heterocycles. The van der Waals surface area contributed by atoms with Crippen molar-refractivity contribution < 1.29 is 4.79 Å². The van der Waals surface area contributed by atoms with Gasteiger partial charge in [0.1, 0.15) is 11.6 Å². The van der Waals surface area contributed by atoms with E-state index in [1.807, 2.05) is 42.5 Å². The summed E-state index contributed by atoms with van der Waals surface area (Å²) in [5.41, 5.74) is 9.97. The zero-order valence-electron chi connectivity index (χ0n) is 20.9. The van der Waals surface area contributed by atoms with E-state index in [2.05, 4.69) is 74.7 Å². The van der Waals surface area contributed by atoms with Gasteiger partial charge in [-0.1, -0.05) is 77.9 Å². The molecule has 5 aromatic rings. The van der Waals surface area contributed by atoms with Gasteiger partial charge >= 0.3 is 0 Å². The molecule has 0 bridgehead atoms. The van der Waals surface area contributed by atoms with Crippen molar-refractivity contribution in [3.63, 3.8) is 0 Å². The molecule has 6 rings (SSSR count). The molecule has 0 atom stereocenters. The van der Waals surface area contributed by atoms with E-state index in [0.29, 0.717) is 11.1 Å². The molecular weight excluding hydrogens is 442 g/mol. The molecule has 0 saturated heterocycles. The van der Waals surface area contributed by atoms with Crippen LogP contribution in [0.25, 0.3) is 21.9 Å². The third-order valence-electron chi connectivity index (χ3n) is 6.99. The maximum Gasteiger partial charge on any atom is 0.194 e. The van der Waals surface area contributed by atoms with Crippen molar-refractivity contribution in [2.75, 3.05) is 10.6 Å². The molecule has 176 valence electrons. The summed E-state index contributed by atoms with van der Waals surface area (Å²) in [4.78, 5) is 18.7. The van der Waals surface area contributed by atoms with Gasteiger partial charge in [-0.15, -0.1) is 0 Å². The van der Waals surface area contributed by atoms with Gasteiger partial charge in [0.05, 0.1) is 0 Å². The quantitative estimate of drug-likeness (QED) is 0.273. The second-order valence-corrected chi connectivity index (χ2v) is 9.67. The molecule has 36 heavy (non-hydrogen) atoms. The predicted octanol–water partition coefficient (Wildman–Crippen LogP) is 8.17. The van der Waals surface area contributed by atoms with Crippen LogP contribution in [-0.4, -0.2) is 10.8 Å². The van der Waals surface area contributed by atoms with Crippen LogP contribution in [0.5, 0.6) is 0 Å². The summed E-state index contributed by atoms with van der Waals surface area (Å²) in [7, 11) is 0. The van der Waals surface area contributed by atoms with Crippen molar-refractivity contribution in [2.24, 2.45) is 0 Å². The zero-order valence-corrected chi connectivity index (χ0v) is 20.9. The van der Waals surface area contributed by atoms with E-state index in [1.54, 1.807) is 0 Å². The van der Waals surface area contributed by atoms with Gasteiger partial charge in [-0.3, -0.25) is 4.79 Å². The fourth-order valence-electron chi connectivity index (χ4n) is 5.21. The van der Waals surface area contributed by atoms with E-state index in [4.69, 9.17) is 4.98 Å². The van der Waals surface area contributed by atoms with Gasteiger partial charge in [-0.2, -0.15) is 0 Å². The number of aryl methyl sites for hydroxylation is 4. The highest BCUT2D eigenvalue weighted by Crippen LogP contribution is 2.46. The van der Waals surface area contributed by atoms with Crippen LogP contribution in [0.2, 0.25) is 0 Å². The number of anilines is 4. The van der Waals surface area contributed by atoms with Crippen molar-refractivity contribution in [3.8, 4) is 11.1 Å². The van der Waals surface area contributed by atoms with E-state index in [-0.39, 0.29) is 5.78 Å². The summed E-state index contributed by atoms with van der Waals surface area (Å²) in [5, 5.41) is 9.04. The molecule has 4 heteroatoms. The van der Waals surface area contributed by atoms with Crippen molar-refractivity contribution in [3.05, 3.63) is 112 Å². The van der Waals surface area contributed by atoms with E-state index in [9.17, 15) is 4.79 Å². The minimum absolute atomic E-state index is 0.0461. The topological polar surface area (TPSA) is 54.0 Å². The van der Waals surface area contributed by atoms with Gasteiger partial charge in [0, 0.05) is 38.8 Å². The second-order valence-electron chi connectivity index (χ2n) is 9.67. The normalized spacial score (nSPS) is 11.9. The molecule has 0 fully saturated rings. The lowest BCUT2D eigenvalue weighted by molar-refractivity contribution is 0.104. The lowest BCUT2D eigenvalue weighted by Gasteiger charge is -2.25. The zero-order chi connectivity index (χ0) is 25.0. The number of carbonyl (C=O) groups excluding carboxylic acids is 1. The molecule has 1 heterocycles. The SMILES string of the molecule is Cc1ccc(Nc2nc(Nc3ccc(C)cc3C)c3cccc4c3c2-c2ccccc2C4=O)c(C)c1. The highest BCUT2D eigenvalue weighted by molar-refractivity contribution is 6.28. The molecule has 1 aliphatic rings. The summed E-state index contributed by atoms with van der Waals surface area (Å²) < 4.78 is 0. The Morgan fingerprint density at radius 2 is 1.19 bits per heavy atom. The smallest absolute Gasteiger partial charge is 0.194 e. The molecule has 0 radical (unpaired) electrons. The summed E-state index contributed by atoms with van der Waals surface area (Å²) in [6.07, 6.45) is 0. The minimum Gasteiger partial charge on any atom is -0.339 e. The number of hydrogen-bond acceptors (Lipinski definition) is 4. The Balaban J connectivity index is 1.64. The third kappa shape index (κ3) is 3.54. The van der Waals surface area contributed by atoms with Crippen molar-refractivity contribution in [1.82, 2.24) is 4.98 Å². The van der Waals surface area contributed by atoms with Crippen LogP contribution in [-0.2, 0) is 0 Å². The number of nitrogens with one attached hydrogen (secondary N) is 2. The monoisotopic (exact) mass is 469 g/mol. The molecule has 0 unspecified atom stereocenters. The molecular formula is C32H27N3O. The van der Waals surface area contributed by atoms with Crippen LogP contribution in [0.4, 0.5) is 23.0 Å². The average molecular weight is 470 g/mol. The van der Waals surface area contributed by atoms with Crippen LogP contribution in [0.3, 0.4) is 0 Å². The minimum atomic E-state index is 0.0461. The Kier molecular flexibility index (Phi) is 5.11. The van der Waals surface area contributed by atoms with Gasteiger partial charge in [-0.05, 0) is 56.5 Å². The molecule has 0 spiro atoms. The Bertz CT molecular complexity index is 1700. The number of pyridine rings is 1. The maximum atomic E-state index is 13.6. The van der Waals surface area contributed by atoms with Crippen LogP contribution < -0.4 is 10.6 Å². The van der Waals surface area contributed by atoms with Crippen LogP contribution >= 0.6 is 0 Å². The number of nitrogens with zero attached hydrogens (tertiary/aromatic N) is 1. The Labute approximate surface area is 211 Å². The molecule has 1 aliphatic carbocycles. The Morgan fingerprint density at radius 1 is 0.611 bits per heavy atom. The first-order chi connectivity index (χ1) is 17.4. The number of ketones is 1. The number of hydrogen-bond donors (Lipinski definition) is 2. The van der Waals surface area contributed by atoms with Gasteiger partial charge in [-0.25, -0.2) is 4.98 Å². The summed E-state index contributed by atoms with van der Waals surface area (Å²) in [6.45, 7) is 8.37.